The topological polar surface area (TPSA) is 64.6 Å². The number of esters is 1. The summed E-state index contributed by atoms with van der Waals surface area (Å²) in [5.41, 5.74) is 3.27. The number of para-hydroxylation sites is 1. The van der Waals surface area contributed by atoms with Gasteiger partial charge < -0.3 is 14.8 Å². The number of hydrogen-bond donors (Lipinski definition) is 1. The number of carbonyl (C=O) groups excluding carboxylic acids is 2. The number of ether oxygens (including phenoxy) is 2. The normalized spacial score (nSPS) is 11.4. The number of amides is 1. The molecular weight excluding hydrogens is 378 g/mol. The SMILES string of the molecule is Cc1ccc(C)c(NC(=O)C(OC(=O)CCOc2ccccc2)c2ccccc2)c1. The van der Waals surface area contributed by atoms with Crippen LogP contribution in [0.25, 0.3) is 0 Å². The maximum Gasteiger partial charge on any atom is 0.310 e. The number of benzene rings is 3. The van der Waals surface area contributed by atoms with Gasteiger partial charge >= 0.3 is 5.97 Å². The number of nitrogens with one attached hydrogen (secondary N) is 1. The van der Waals surface area contributed by atoms with Crippen LogP contribution in [0.5, 0.6) is 5.75 Å². The molecule has 0 saturated heterocycles. The molecule has 0 heterocycles. The Morgan fingerprint density at radius 2 is 1.57 bits per heavy atom. The van der Waals surface area contributed by atoms with Gasteiger partial charge in [-0.05, 0) is 43.2 Å². The van der Waals surface area contributed by atoms with Crippen molar-refractivity contribution in [3.8, 4) is 5.75 Å². The Balaban J connectivity index is 1.67. The van der Waals surface area contributed by atoms with Crippen LogP contribution >= 0.6 is 0 Å². The van der Waals surface area contributed by atoms with Crippen molar-refractivity contribution in [3.63, 3.8) is 0 Å². The summed E-state index contributed by atoms with van der Waals surface area (Å²) in [6.07, 6.45) is -1.01. The minimum atomic E-state index is -1.05. The summed E-state index contributed by atoms with van der Waals surface area (Å²) in [5.74, 6) is -0.222. The molecule has 0 spiro atoms. The van der Waals surface area contributed by atoms with Gasteiger partial charge in [-0.1, -0.05) is 60.7 Å². The van der Waals surface area contributed by atoms with E-state index in [1.54, 1.807) is 24.3 Å². The Morgan fingerprint density at radius 3 is 2.27 bits per heavy atom. The zero-order chi connectivity index (χ0) is 21.3. The molecule has 1 atom stereocenters. The van der Waals surface area contributed by atoms with E-state index in [9.17, 15) is 9.59 Å². The van der Waals surface area contributed by atoms with Crippen LogP contribution in [0.1, 0.15) is 29.2 Å². The lowest BCUT2D eigenvalue weighted by Gasteiger charge is -2.19. The van der Waals surface area contributed by atoms with Gasteiger partial charge in [-0.3, -0.25) is 9.59 Å². The number of aryl methyl sites for hydroxylation is 2. The van der Waals surface area contributed by atoms with E-state index >= 15 is 0 Å². The van der Waals surface area contributed by atoms with Crippen LogP contribution in [0, 0.1) is 13.8 Å². The van der Waals surface area contributed by atoms with Crippen LogP contribution in [0.3, 0.4) is 0 Å². The lowest BCUT2D eigenvalue weighted by Crippen LogP contribution is -2.26. The van der Waals surface area contributed by atoms with E-state index in [2.05, 4.69) is 5.32 Å². The summed E-state index contributed by atoms with van der Waals surface area (Å²) in [5, 5.41) is 2.89. The second kappa shape index (κ2) is 10.3. The van der Waals surface area contributed by atoms with Gasteiger partial charge in [0.1, 0.15) is 5.75 Å². The quantitative estimate of drug-likeness (QED) is 0.538. The summed E-state index contributed by atoms with van der Waals surface area (Å²) >= 11 is 0. The fourth-order valence-corrected chi connectivity index (χ4v) is 2.93. The Kier molecular flexibility index (Phi) is 7.22. The van der Waals surface area contributed by atoms with Gasteiger partial charge in [0.05, 0.1) is 13.0 Å². The highest BCUT2D eigenvalue weighted by Crippen LogP contribution is 2.23. The van der Waals surface area contributed by atoms with Crippen molar-refractivity contribution < 1.29 is 19.1 Å². The maximum absolute atomic E-state index is 13.0. The summed E-state index contributed by atoms with van der Waals surface area (Å²) in [7, 11) is 0. The molecule has 0 radical (unpaired) electrons. The molecule has 1 amide bonds. The van der Waals surface area contributed by atoms with E-state index in [1.165, 1.54) is 0 Å². The highest BCUT2D eigenvalue weighted by Gasteiger charge is 2.25. The molecule has 3 rings (SSSR count). The lowest BCUT2D eigenvalue weighted by molar-refractivity contribution is -0.155. The van der Waals surface area contributed by atoms with Crippen molar-refractivity contribution in [3.05, 3.63) is 95.6 Å². The van der Waals surface area contributed by atoms with E-state index in [1.807, 2.05) is 68.4 Å². The van der Waals surface area contributed by atoms with Gasteiger partial charge in [0.25, 0.3) is 5.91 Å². The lowest BCUT2D eigenvalue weighted by atomic mass is 10.1. The molecule has 0 bridgehead atoms. The zero-order valence-corrected chi connectivity index (χ0v) is 17.1. The predicted octanol–water partition coefficient (Wildman–Crippen LogP) is 5.00. The van der Waals surface area contributed by atoms with E-state index in [0.717, 1.165) is 11.1 Å². The van der Waals surface area contributed by atoms with Crippen molar-refractivity contribution in [1.82, 2.24) is 0 Å². The minimum Gasteiger partial charge on any atom is -0.493 e. The first-order valence-corrected chi connectivity index (χ1v) is 9.83. The molecule has 3 aromatic rings. The van der Waals surface area contributed by atoms with Gasteiger partial charge in [-0.25, -0.2) is 0 Å². The number of anilines is 1. The first kappa shape index (κ1) is 21.1. The Hall–Kier alpha value is -3.60. The fourth-order valence-electron chi connectivity index (χ4n) is 2.93. The van der Waals surface area contributed by atoms with Crippen LogP contribution in [0.4, 0.5) is 5.69 Å². The standard InChI is InChI=1S/C25H25NO4/c1-18-13-14-19(2)22(17-18)26-25(28)24(20-9-5-3-6-10-20)30-23(27)15-16-29-21-11-7-4-8-12-21/h3-14,17,24H,15-16H2,1-2H3,(H,26,28). The van der Waals surface area contributed by atoms with Crippen LogP contribution in [-0.2, 0) is 14.3 Å². The molecule has 3 aromatic carbocycles. The van der Waals surface area contributed by atoms with Crippen LogP contribution < -0.4 is 10.1 Å². The zero-order valence-electron chi connectivity index (χ0n) is 17.1. The van der Waals surface area contributed by atoms with Gasteiger partial charge in [0.2, 0.25) is 6.10 Å². The second-order valence-electron chi connectivity index (χ2n) is 7.00. The van der Waals surface area contributed by atoms with Crippen molar-refractivity contribution in [2.24, 2.45) is 0 Å². The molecule has 154 valence electrons. The van der Waals surface area contributed by atoms with Crippen molar-refractivity contribution in [1.29, 1.82) is 0 Å². The molecule has 0 aromatic heterocycles. The number of carbonyl (C=O) groups is 2. The molecule has 0 aliphatic rings. The third-order valence-corrected chi connectivity index (χ3v) is 4.56. The summed E-state index contributed by atoms with van der Waals surface area (Å²) in [6.45, 7) is 4.04. The van der Waals surface area contributed by atoms with Gasteiger partial charge in [-0.2, -0.15) is 0 Å². The molecule has 0 saturated carbocycles. The van der Waals surface area contributed by atoms with E-state index in [4.69, 9.17) is 9.47 Å². The number of rotatable bonds is 8. The largest absolute Gasteiger partial charge is 0.493 e. The monoisotopic (exact) mass is 403 g/mol. The molecular formula is C25H25NO4. The smallest absolute Gasteiger partial charge is 0.310 e. The average molecular weight is 403 g/mol. The Labute approximate surface area is 176 Å². The highest BCUT2D eigenvalue weighted by atomic mass is 16.6. The number of hydrogen-bond acceptors (Lipinski definition) is 4. The van der Waals surface area contributed by atoms with Gasteiger partial charge in [-0.15, -0.1) is 0 Å². The predicted molar refractivity (Wildman–Crippen MR) is 116 cm³/mol. The molecule has 30 heavy (non-hydrogen) atoms. The molecule has 5 nitrogen and oxygen atoms in total. The first-order chi connectivity index (χ1) is 14.5. The highest BCUT2D eigenvalue weighted by molar-refractivity contribution is 5.96. The van der Waals surface area contributed by atoms with Gasteiger partial charge in [0.15, 0.2) is 0 Å². The summed E-state index contributed by atoms with van der Waals surface area (Å²) < 4.78 is 11.1. The third-order valence-electron chi connectivity index (χ3n) is 4.56. The molecule has 1 N–H and O–H groups in total. The molecule has 0 fully saturated rings. The summed E-state index contributed by atoms with van der Waals surface area (Å²) in [6, 6.07) is 24.0. The second-order valence-corrected chi connectivity index (χ2v) is 7.00. The van der Waals surface area contributed by atoms with Crippen molar-refractivity contribution in [2.45, 2.75) is 26.4 Å². The van der Waals surface area contributed by atoms with E-state index in [0.29, 0.717) is 17.0 Å². The van der Waals surface area contributed by atoms with Crippen LogP contribution in [-0.4, -0.2) is 18.5 Å². The first-order valence-electron chi connectivity index (χ1n) is 9.83. The summed E-state index contributed by atoms with van der Waals surface area (Å²) in [4.78, 5) is 25.4. The molecule has 5 heteroatoms. The fraction of sp³-hybridized carbons (Fsp3) is 0.200. The Bertz CT molecular complexity index is 987. The van der Waals surface area contributed by atoms with E-state index < -0.39 is 18.0 Å². The van der Waals surface area contributed by atoms with Crippen molar-refractivity contribution >= 4 is 17.6 Å². The molecule has 0 aliphatic heterocycles. The third kappa shape index (κ3) is 5.95. The van der Waals surface area contributed by atoms with Crippen LogP contribution in [0.15, 0.2) is 78.9 Å². The van der Waals surface area contributed by atoms with Crippen molar-refractivity contribution in [2.75, 3.05) is 11.9 Å². The minimum absolute atomic E-state index is 0.0367. The van der Waals surface area contributed by atoms with Gasteiger partial charge in [0, 0.05) is 11.3 Å². The maximum atomic E-state index is 13.0. The Morgan fingerprint density at radius 1 is 0.900 bits per heavy atom. The van der Waals surface area contributed by atoms with E-state index in [-0.39, 0.29) is 13.0 Å². The van der Waals surface area contributed by atoms with Crippen LogP contribution in [0.2, 0.25) is 0 Å². The average Bonchev–Trinajstić information content (AvgIpc) is 2.76. The molecule has 0 aliphatic carbocycles. The molecule has 1 unspecified atom stereocenters.